The van der Waals surface area contributed by atoms with Gasteiger partial charge in [0.05, 0.1) is 0 Å². The Balaban J connectivity index is 2.16. The van der Waals surface area contributed by atoms with E-state index in [-0.39, 0.29) is 5.91 Å². The van der Waals surface area contributed by atoms with Crippen LogP contribution in [0.1, 0.15) is 22.3 Å². The molecule has 3 rings (SSSR count). The summed E-state index contributed by atoms with van der Waals surface area (Å²) in [6.07, 6.45) is 1.02. The van der Waals surface area contributed by atoms with Gasteiger partial charge in [0.1, 0.15) is 0 Å². The number of hydrogen-bond acceptors (Lipinski definition) is 2. The number of benzene rings is 1. The van der Waals surface area contributed by atoms with Crippen LogP contribution in [-0.2, 0) is 5.72 Å². The molecule has 1 fully saturated rings. The van der Waals surface area contributed by atoms with Crippen LogP contribution in [0.3, 0.4) is 0 Å². The van der Waals surface area contributed by atoms with E-state index in [9.17, 15) is 9.90 Å². The van der Waals surface area contributed by atoms with Crippen molar-refractivity contribution in [2.75, 3.05) is 6.54 Å². The third kappa shape index (κ3) is 1.27. The average molecular weight is 282 g/mol. The molecule has 4 heteroatoms. The van der Waals surface area contributed by atoms with Crippen molar-refractivity contribution >= 4 is 20.9 Å². The van der Waals surface area contributed by atoms with Gasteiger partial charge in [-0.1, -0.05) is 0 Å². The summed E-state index contributed by atoms with van der Waals surface area (Å²) in [5.74, 6) is -0.00389. The van der Waals surface area contributed by atoms with Gasteiger partial charge in [0.15, 0.2) is 0 Å². The first-order chi connectivity index (χ1) is 7.73. The monoisotopic (exact) mass is 283 g/mol. The Morgan fingerprint density at radius 1 is 1.38 bits per heavy atom. The van der Waals surface area contributed by atoms with E-state index in [1.54, 1.807) is 4.90 Å². The van der Waals surface area contributed by atoms with Gasteiger partial charge < -0.3 is 0 Å². The van der Waals surface area contributed by atoms with Crippen molar-refractivity contribution in [3.8, 4) is 0 Å². The number of carbonyl (C=O) groups excluding carboxylic acids is 1. The molecule has 0 radical (unpaired) electrons. The zero-order valence-electron chi connectivity index (χ0n) is 8.85. The second-order valence-electron chi connectivity index (χ2n) is 4.23. The fourth-order valence-electron chi connectivity index (χ4n) is 2.46. The van der Waals surface area contributed by atoms with E-state index in [1.165, 1.54) is 0 Å². The molecule has 0 spiro atoms. The summed E-state index contributed by atoms with van der Waals surface area (Å²) in [6, 6.07) is 7.45. The molecule has 3 nitrogen and oxygen atoms in total. The Bertz CT molecular complexity index is 448. The van der Waals surface area contributed by atoms with Crippen molar-refractivity contribution in [3.63, 3.8) is 0 Å². The van der Waals surface area contributed by atoms with Crippen molar-refractivity contribution in [2.24, 2.45) is 0 Å². The van der Waals surface area contributed by atoms with Gasteiger partial charge in [-0.25, -0.2) is 0 Å². The predicted molar refractivity (Wildman–Crippen MR) is 61.4 cm³/mol. The van der Waals surface area contributed by atoms with E-state index >= 15 is 0 Å². The minimum absolute atomic E-state index is 0.00389. The summed E-state index contributed by atoms with van der Waals surface area (Å²) in [5, 5.41) is 12.6. The van der Waals surface area contributed by atoms with Crippen molar-refractivity contribution in [3.05, 3.63) is 35.4 Å². The number of fused-ring (bicyclic) bond motifs is 3. The summed E-state index contributed by atoms with van der Waals surface area (Å²) in [7, 11) is 0. The number of amides is 1. The number of nitrogens with zero attached hydrogens (tertiary/aromatic N) is 1. The first kappa shape index (κ1) is 10.3. The van der Waals surface area contributed by atoms with Gasteiger partial charge in [-0.3, -0.25) is 0 Å². The summed E-state index contributed by atoms with van der Waals surface area (Å²) < 4.78 is 0. The predicted octanol–water partition coefficient (Wildman–Crippen LogP) is 1.23. The SMILES string of the molecule is O=C1c2ccccc2C2(O)C[Se]CCCN12. The van der Waals surface area contributed by atoms with Gasteiger partial charge in [-0.2, -0.15) is 0 Å². The Morgan fingerprint density at radius 2 is 2.19 bits per heavy atom. The first-order valence-corrected chi connectivity index (χ1v) is 7.87. The standard InChI is InChI=1S/C12H13NO2Se/c14-11-9-4-1-2-5-10(9)12(15)8-16-7-3-6-13(11)12/h1-2,4-5,15H,3,6-8H2. The summed E-state index contributed by atoms with van der Waals surface area (Å²) >= 11 is 0.432. The Hall–Kier alpha value is -0.831. The zero-order chi connectivity index (χ0) is 11.2. The summed E-state index contributed by atoms with van der Waals surface area (Å²) in [5.41, 5.74) is 0.482. The molecule has 0 bridgehead atoms. The van der Waals surface area contributed by atoms with Gasteiger partial charge in [-0.15, -0.1) is 0 Å². The van der Waals surface area contributed by atoms with E-state index in [0.717, 1.165) is 22.6 Å². The van der Waals surface area contributed by atoms with E-state index < -0.39 is 5.72 Å². The maximum atomic E-state index is 12.2. The normalized spacial score (nSPS) is 28.6. The summed E-state index contributed by atoms with van der Waals surface area (Å²) in [4.78, 5) is 13.8. The number of aliphatic hydroxyl groups is 1. The number of carbonyl (C=O) groups is 1. The van der Waals surface area contributed by atoms with Crippen LogP contribution in [0.4, 0.5) is 0 Å². The van der Waals surface area contributed by atoms with Crippen LogP contribution in [0.15, 0.2) is 24.3 Å². The third-order valence-electron chi connectivity index (χ3n) is 3.25. The zero-order valence-corrected chi connectivity index (χ0v) is 10.6. The van der Waals surface area contributed by atoms with Crippen LogP contribution in [-0.4, -0.2) is 37.4 Å². The Kier molecular flexibility index (Phi) is 2.32. The average Bonchev–Trinajstić information content (AvgIpc) is 2.46. The Labute approximate surface area is 101 Å². The van der Waals surface area contributed by atoms with Crippen molar-refractivity contribution in [2.45, 2.75) is 22.8 Å². The molecule has 0 aromatic heterocycles. The van der Waals surface area contributed by atoms with Gasteiger partial charge in [0.2, 0.25) is 0 Å². The van der Waals surface area contributed by atoms with Gasteiger partial charge in [0.25, 0.3) is 0 Å². The minimum atomic E-state index is -1.01. The molecule has 0 aliphatic carbocycles. The number of rotatable bonds is 0. The van der Waals surface area contributed by atoms with Crippen LogP contribution in [0.5, 0.6) is 0 Å². The Morgan fingerprint density at radius 3 is 3.06 bits per heavy atom. The van der Waals surface area contributed by atoms with Crippen molar-refractivity contribution in [1.82, 2.24) is 4.90 Å². The fraction of sp³-hybridized carbons (Fsp3) is 0.417. The fourth-order valence-corrected chi connectivity index (χ4v) is 4.71. The van der Waals surface area contributed by atoms with Crippen molar-refractivity contribution < 1.29 is 9.90 Å². The number of hydrogen-bond donors (Lipinski definition) is 1. The van der Waals surface area contributed by atoms with Crippen LogP contribution in [0.25, 0.3) is 0 Å². The quantitative estimate of drug-likeness (QED) is 0.727. The van der Waals surface area contributed by atoms with Gasteiger partial charge in [0, 0.05) is 0 Å². The molecule has 84 valence electrons. The molecule has 16 heavy (non-hydrogen) atoms. The second kappa shape index (κ2) is 3.59. The molecule has 2 aliphatic rings. The van der Waals surface area contributed by atoms with Crippen LogP contribution in [0.2, 0.25) is 10.6 Å². The molecule has 1 unspecified atom stereocenters. The van der Waals surface area contributed by atoms with E-state index in [2.05, 4.69) is 0 Å². The topological polar surface area (TPSA) is 40.5 Å². The summed E-state index contributed by atoms with van der Waals surface area (Å²) in [6.45, 7) is 0.686. The van der Waals surface area contributed by atoms with Crippen LogP contribution in [0, 0.1) is 0 Å². The molecule has 2 heterocycles. The van der Waals surface area contributed by atoms with E-state index in [1.807, 2.05) is 24.3 Å². The molecule has 1 saturated heterocycles. The molecule has 1 N–H and O–H groups in total. The molecule has 0 saturated carbocycles. The first-order valence-electron chi connectivity index (χ1n) is 5.45. The molecular weight excluding hydrogens is 269 g/mol. The van der Waals surface area contributed by atoms with Gasteiger partial charge in [-0.05, 0) is 0 Å². The van der Waals surface area contributed by atoms with Crippen molar-refractivity contribution in [1.29, 1.82) is 0 Å². The molecule has 1 aromatic carbocycles. The van der Waals surface area contributed by atoms with Crippen LogP contribution >= 0.6 is 0 Å². The van der Waals surface area contributed by atoms with E-state index in [0.29, 0.717) is 27.1 Å². The van der Waals surface area contributed by atoms with E-state index in [4.69, 9.17) is 0 Å². The maximum absolute atomic E-state index is 12.2. The van der Waals surface area contributed by atoms with Crippen LogP contribution < -0.4 is 0 Å². The molecular formula is C12H13NO2Se. The molecule has 1 aromatic rings. The third-order valence-corrected chi connectivity index (χ3v) is 5.74. The molecule has 1 amide bonds. The van der Waals surface area contributed by atoms with Gasteiger partial charge >= 0.3 is 100 Å². The second-order valence-corrected chi connectivity index (χ2v) is 6.54. The molecule has 2 aliphatic heterocycles. The molecule has 1 atom stereocenters.